The third kappa shape index (κ3) is 2.61. The van der Waals surface area contributed by atoms with Crippen LogP contribution in [-0.2, 0) is 14.4 Å². The van der Waals surface area contributed by atoms with Crippen LogP contribution in [0.25, 0.3) is 0 Å². The van der Waals surface area contributed by atoms with E-state index in [2.05, 4.69) is 10.4 Å². The van der Waals surface area contributed by atoms with Crippen molar-refractivity contribution < 1.29 is 14.4 Å². The quantitative estimate of drug-likeness (QED) is 0.490. The zero-order chi connectivity index (χ0) is 17.4. The highest BCUT2D eigenvalue weighted by Gasteiger charge is 2.37. The fourth-order valence-corrected chi connectivity index (χ4v) is 2.63. The number of carbonyl (C=O) groups excluding carboxylic acids is 3. The number of hydrogen-bond donors (Lipinski definition) is 1. The Kier molecular flexibility index (Phi) is 3.98. The minimum Gasteiger partial charge on any atom is -0.298 e. The van der Waals surface area contributed by atoms with Crippen molar-refractivity contribution in [1.82, 2.24) is 10.2 Å². The van der Waals surface area contributed by atoms with E-state index in [4.69, 9.17) is 12.2 Å². The van der Waals surface area contributed by atoms with Gasteiger partial charge in [0, 0.05) is 7.05 Å². The number of amides is 3. The number of anilines is 1. The fourth-order valence-electron chi connectivity index (χ4n) is 2.46. The highest BCUT2D eigenvalue weighted by atomic mass is 32.1. The average molecular weight is 342 g/mol. The average Bonchev–Trinajstić information content (AvgIpc) is 2.85. The van der Waals surface area contributed by atoms with Crippen LogP contribution in [0.15, 0.2) is 47.1 Å². The van der Waals surface area contributed by atoms with E-state index in [0.29, 0.717) is 11.4 Å². The highest BCUT2D eigenvalue weighted by Crippen LogP contribution is 2.25. The summed E-state index contributed by atoms with van der Waals surface area (Å²) in [6.07, 6.45) is 1.35. The number of rotatable bonds is 2. The maximum atomic E-state index is 12.6. The molecule has 0 radical (unpaired) electrons. The van der Waals surface area contributed by atoms with E-state index in [-0.39, 0.29) is 16.6 Å². The number of hydrogen-bond acceptors (Lipinski definition) is 5. The van der Waals surface area contributed by atoms with E-state index < -0.39 is 17.7 Å². The van der Waals surface area contributed by atoms with Crippen molar-refractivity contribution >= 4 is 46.5 Å². The summed E-state index contributed by atoms with van der Waals surface area (Å²) in [7, 11) is 1.46. The van der Waals surface area contributed by atoms with Gasteiger partial charge in [0.25, 0.3) is 17.7 Å². The van der Waals surface area contributed by atoms with Crippen molar-refractivity contribution in [3.8, 4) is 0 Å². The predicted octanol–water partition coefficient (Wildman–Crippen LogP) is 0.825. The van der Waals surface area contributed by atoms with Crippen molar-refractivity contribution in [1.29, 1.82) is 0 Å². The van der Waals surface area contributed by atoms with Crippen molar-refractivity contribution in [2.45, 2.75) is 6.92 Å². The van der Waals surface area contributed by atoms with Crippen LogP contribution >= 0.6 is 12.2 Å². The SMILES string of the molecule is CC1=NN(c2ccccc2)C(=O)C1C=C1C(=O)NC(=S)N(C)C1=O. The van der Waals surface area contributed by atoms with Crippen LogP contribution in [0.5, 0.6) is 0 Å². The first-order chi connectivity index (χ1) is 11.4. The summed E-state index contributed by atoms with van der Waals surface area (Å²) in [5, 5.41) is 7.98. The molecule has 1 saturated heterocycles. The van der Waals surface area contributed by atoms with E-state index in [1.54, 1.807) is 31.2 Å². The van der Waals surface area contributed by atoms with Gasteiger partial charge in [-0.15, -0.1) is 0 Å². The fraction of sp³-hybridized carbons (Fsp3) is 0.188. The molecule has 3 rings (SSSR count). The van der Waals surface area contributed by atoms with Crippen LogP contribution in [0.2, 0.25) is 0 Å². The van der Waals surface area contributed by atoms with Crippen molar-refractivity contribution in [2.75, 3.05) is 12.1 Å². The van der Waals surface area contributed by atoms with E-state index >= 15 is 0 Å². The third-order valence-corrected chi connectivity index (χ3v) is 4.20. The van der Waals surface area contributed by atoms with Gasteiger partial charge in [-0.1, -0.05) is 18.2 Å². The predicted molar refractivity (Wildman–Crippen MR) is 92.1 cm³/mol. The van der Waals surface area contributed by atoms with Crippen LogP contribution in [0.1, 0.15) is 6.92 Å². The molecule has 2 aliphatic heterocycles. The second-order valence-electron chi connectivity index (χ2n) is 5.41. The van der Waals surface area contributed by atoms with Crippen LogP contribution in [0.3, 0.4) is 0 Å². The Balaban J connectivity index is 1.92. The first kappa shape index (κ1) is 16.0. The van der Waals surface area contributed by atoms with Crippen LogP contribution < -0.4 is 10.3 Å². The molecule has 0 spiro atoms. The van der Waals surface area contributed by atoms with Crippen LogP contribution in [0.4, 0.5) is 5.69 Å². The maximum Gasteiger partial charge on any atom is 0.265 e. The van der Waals surface area contributed by atoms with Gasteiger partial charge in [-0.05, 0) is 37.4 Å². The molecule has 24 heavy (non-hydrogen) atoms. The molecule has 1 aromatic carbocycles. The number of hydrazone groups is 1. The number of likely N-dealkylation sites (N-methyl/N-ethyl adjacent to an activating group) is 1. The van der Waals surface area contributed by atoms with Gasteiger partial charge < -0.3 is 0 Å². The molecule has 0 aromatic heterocycles. The number of thiocarbonyl (C=S) groups is 1. The molecule has 122 valence electrons. The number of benzene rings is 1. The van der Waals surface area contributed by atoms with Crippen LogP contribution in [0, 0.1) is 5.92 Å². The summed E-state index contributed by atoms with van der Waals surface area (Å²) in [6.45, 7) is 1.68. The Hall–Kier alpha value is -2.87. The molecular formula is C16H14N4O3S. The first-order valence-corrected chi connectivity index (χ1v) is 7.60. The monoisotopic (exact) mass is 342 g/mol. The molecular weight excluding hydrogens is 328 g/mol. The lowest BCUT2D eigenvalue weighted by Gasteiger charge is -2.25. The number of para-hydroxylation sites is 1. The summed E-state index contributed by atoms with van der Waals surface area (Å²) in [5.41, 5.74) is 1.02. The van der Waals surface area contributed by atoms with Gasteiger partial charge in [-0.25, -0.2) is 0 Å². The molecule has 0 saturated carbocycles. The second kappa shape index (κ2) is 5.97. The van der Waals surface area contributed by atoms with Crippen molar-refractivity contribution in [3.63, 3.8) is 0 Å². The van der Waals surface area contributed by atoms with E-state index in [1.165, 1.54) is 18.1 Å². The highest BCUT2D eigenvalue weighted by molar-refractivity contribution is 7.80. The lowest BCUT2D eigenvalue weighted by atomic mass is 9.99. The Morgan fingerprint density at radius 3 is 2.54 bits per heavy atom. The Morgan fingerprint density at radius 2 is 1.88 bits per heavy atom. The van der Waals surface area contributed by atoms with Gasteiger partial charge in [0.05, 0.1) is 17.3 Å². The van der Waals surface area contributed by atoms with E-state index in [0.717, 1.165) is 4.90 Å². The second-order valence-corrected chi connectivity index (χ2v) is 5.80. The molecule has 8 heteroatoms. The molecule has 1 unspecified atom stereocenters. The minimum atomic E-state index is -0.769. The lowest BCUT2D eigenvalue weighted by Crippen LogP contribution is -2.52. The molecule has 1 atom stereocenters. The minimum absolute atomic E-state index is 0.0381. The van der Waals surface area contributed by atoms with Crippen molar-refractivity contribution in [2.24, 2.45) is 11.0 Å². The third-order valence-electron chi connectivity index (χ3n) is 3.82. The van der Waals surface area contributed by atoms with Gasteiger partial charge in [0.2, 0.25) is 0 Å². The Bertz CT molecular complexity index is 816. The first-order valence-electron chi connectivity index (χ1n) is 7.19. The number of nitrogens with one attached hydrogen (secondary N) is 1. The number of nitrogens with zero attached hydrogens (tertiary/aromatic N) is 3. The lowest BCUT2D eigenvalue weighted by molar-refractivity contribution is -0.128. The van der Waals surface area contributed by atoms with Gasteiger partial charge >= 0.3 is 0 Å². The van der Waals surface area contributed by atoms with E-state index in [9.17, 15) is 14.4 Å². The van der Waals surface area contributed by atoms with Gasteiger partial charge in [0.15, 0.2) is 5.11 Å². The summed E-state index contributed by atoms with van der Waals surface area (Å²) >= 11 is 4.89. The summed E-state index contributed by atoms with van der Waals surface area (Å²) in [5.74, 6) is -2.23. The topological polar surface area (TPSA) is 82.1 Å². The summed E-state index contributed by atoms with van der Waals surface area (Å²) < 4.78 is 0. The molecule has 1 aromatic rings. The molecule has 2 aliphatic rings. The standard InChI is InChI=1S/C16H14N4O3S/c1-9-11(8-12-13(21)17-16(24)19(2)14(12)22)15(23)20(18-9)10-6-4-3-5-7-10/h3-8,11H,1-2H3,(H,17,21,24). The molecule has 3 amide bonds. The number of carbonyl (C=O) groups is 3. The largest absolute Gasteiger partial charge is 0.298 e. The summed E-state index contributed by atoms with van der Waals surface area (Å²) in [4.78, 5) is 38.1. The van der Waals surface area contributed by atoms with Gasteiger partial charge in [-0.3, -0.25) is 24.6 Å². The molecule has 2 heterocycles. The Morgan fingerprint density at radius 1 is 1.21 bits per heavy atom. The van der Waals surface area contributed by atoms with Crippen LogP contribution in [-0.4, -0.2) is 40.5 Å². The molecule has 1 fully saturated rings. The zero-order valence-corrected chi connectivity index (χ0v) is 13.8. The van der Waals surface area contributed by atoms with Crippen molar-refractivity contribution in [3.05, 3.63) is 42.0 Å². The maximum absolute atomic E-state index is 12.6. The molecule has 7 nitrogen and oxygen atoms in total. The van der Waals surface area contributed by atoms with E-state index in [1.807, 2.05) is 6.07 Å². The molecule has 1 N–H and O–H groups in total. The normalized spacial score (nSPS) is 23.0. The Labute approximate surface area is 143 Å². The van der Waals surface area contributed by atoms with Gasteiger partial charge in [0.1, 0.15) is 5.57 Å². The smallest absolute Gasteiger partial charge is 0.265 e. The zero-order valence-electron chi connectivity index (χ0n) is 13.0. The van der Waals surface area contributed by atoms with Gasteiger partial charge in [-0.2, -0.15) is 10.1 Å². The molecule has 0 bridgehead atoms. The molecule has 0 aliphatic carbocycles. The summed E-state index contributed by atoms with van der Waals surface area (Å²) in [6, 6.07) is 8.95.